The van der Waals surface area contributed by atoms with Crippen molar-refractivity contribution in [1.29, 1.82) is 0 Å². The first-order valence-corrected chi connectivity index (χ1v) is 20.1. The van der Waals surface area contributed by atoms with Gasteiger partial charge in [0.25, 0.3) is 0 Å². The molecule has 0 unspecified atom stereocenters. The molecule has 4 aromatic rings. The third kappa shape index (κ3) is 16.2. The van der Waals surface area contributed by atoms with E-state index in [1.54, 1.807) is 27.7 Å². The third-order valence-electron chi connectivity index (χ3n) is 9.76. The molecule has 0 aromatic heterocycles. The van der Waals surface area contributed by atoms with Crippen LogP contribution in [0.5, 0.6) is 0 Å². The summed E-state index contributed by atoms with van der Waals surface area (Å²) in [6.07, 6.45) is -3.16. The lowest BCUT2D eigenvalue weighted by Crippen LogP contribution is -2.57. The molecule has 0 bridgehead atoms. The van der Waals surface area contributed by atoms with Crippen molar-refractivity contribution in [2.75, 3.05) is 13.1 Å². The molecule has 7 N–H and O–H groups in total. The number of hydrogen-bond donors (Lipinski definition) is 7. The van der Waals surface area contributed by atoms with E-state index >= 15 is 0 Å². The summed E-state index contributed by atoms with van der Waals surface area (Å²) in [6, 6.07) is 33.7. The number of aliphatic hydroxyl groups is 2. The lowest BCUT2D eigenvalue weighted by atomic mass is 9.97. The van der Waals surface area contributed by atoms with E-state index in [0.717, 1.165) is 22.3 Å². The highest BCUT2D eigenvalue weighted by Crippen LogP contribution is 2.12. The Morgan fingerprint density at radius 3 is 1.08 bits per heavy atom. The zero-order valence-electron chi connectivity index (χ0n) is 34.3. The molecule has 0 saturated heterocycles. The van der Waals surface area contributed by atoms with Crippen molar-refractivity contribution in [1.82, 2.24) is 26.6 Å². The van der Waals surface area contributed by atoms with Crippen LogP contribution >= 0.6 is 0 Å². The number of amides is 4. The predicted molar refractivity (Wildman–Crippen MR) is 226 cm³/mol. The van der Waals surface area contributed by atoms with Crippen LogP contribution in [0.2, 0.25) is 0 Å². The Labute approximate surface area is 347 Å². The third-order valence-corrected chi connectivity index (χ3v) is 9.76. The number of nitrogens with one attached hydrogen (secondary N) is 5. The predicted octanol–water partition coefficient (Wildman–Crippen LogP) is 4.65. The van der Waals surface area contributed by atoms with Gasteiger partial charge in [-0.25, -0.2) is 9.59 Å². The molecule has 0 fully saturated rings. The summed E-state index contributed by atoms with van der Waals surface area (Å²) in [5, 5.41) is 37.3. The quantitative estimate of drug-likeness (QED) is 0.0593. The van der Waals surface area contributed by atoms with E-state index in [9.17, 15) is 29.4 Å². The number of benzene rings is 4. The minimum Gasteiger partial charge on any atom is -0.445 e. The Bertz CT molecular complexity index is 1720. The molecule has 0 aliphatic rings. The maximum Gasteiger partial charge on any atom is 0.408 e. The molecule has 0 spiro atoms. The zero-order valence-corrected chi connectivity index (χ0v) is 34.3. The first-order valence-electron chi connectivity index (χ1n) is 20.1. The Hall–Kier alpha value is -5.76. The van der Waals surface area contributed by atoms with Crippen LogP contribution < -0.4 is 26.6 Å². The lowest BCUT2D eigenvalue weighted by Gasteiger charge is -2.30. The minimum atomic E-state index is -1.12. The second kappa shape index (κ2) is 24.2. The van der Waals surface area contributed by atoms with Gasteiger partial charge in [-0.1, -0.05) is 149 Å². The summed E-state index contributed by atoms with van der Waals surface area (Å²) >= 11 is 0. The summed E-state index contributed by atoms with van der Waals surface area (Å²) in [6.45, 7) is 7.24. The van der Waals surface area contributed by atoms with Crippen LogP contribution in [-0.4, -0.2) is 83.7 Å². The fraction of sp³-hybridized carbons (Fsp3) is 0.391. The highest BCUT2D eigenvalue weighted by molar-refractivity contribution is 5.86. The van der Waals surface area contributed by atoms with Gasteiger partial charge in [-0.05, 0) is 46.9 Å². The number of carbonyl (C=O) groups is 4. The van der Waals surface area contributed by atoms with Gasteiger partial charge in [0, 0.05) is 13.1 Å². The molecule has 0 heterocycles. The van der Waals surface area contributed by atoms with Gasteiger partial charge in [-0.2, -0.15) is 0 Å². The lowest BCUT2D eigenvalue weighted by molar-refractivity contribution is -0.126. The molecule has 0 aliphatic carbocycles. The monoisotopic (exact) mass is 809 g/mol. The van der Waals surface area contributed by atoms with E-state index in [1.165, 1.54) is 0 Å². The van der Waals surface area contributed by atoms with Crippen LogP contribution in [0.3, 0.4) is 0 Å². The fourth-order valence-electron chi connectivity index (χ4n) is 6.36. The van der Waals surface area contributed by atoms with Crippen LogP contribution in [0.15, 0.2) is 121 Å². The summed E-state index contributed by atoms with van der Waals surface area (Å²) < 4.78 is 10.7. The second-order valence-electron chi connectivity index (χ2n) is 15.3. The van der Waals surface area contributed by atoms with Crippen molar-refractivity contribution in [3.63, 3.8) is 0 Å². The van der Waals surface area contributed by atoms with E-state index in [1.807, 2.05) is 121 Å². The Balaban J connectivity index is 1.39. The molecule has 59 heavy (non-hydrogen) atoms. The molecule has 13 nitrogen and oxygen atoms in total. The van der Waals surface area contributed by atoms with Gasteiger partial charge in [0.2, 0.25) is 11.8 Å². The van der Waals surface area contributed by atoms with Crippen molar-refractivity contribution in [2.45, 2.75) is 90.1 Å². The molecule has 0 radical (unpaired) electrons. The van der Waals surface area contributed by atoms with Crippen LogP contribution in [0.1, 0.15) is 49.9 Å². The van der Waals surface area contributed by atoms with Gasteiger partial charge in [0.1, 0.15) is 25.3 Å². The van der Waals surface area contributed by atoms with Crippen molar-refractivity contribution in [3.8, 4) is 0 Å². The molecular weight excluding hydrogens is 751 g/mol. The van der Waals surface area contributed by atoms with Gasteiger partial charge in [-0.15, -0.1) is 0 Å². The van der Waals surface area contributed by atoms with E-state index in [4.69, 9.17) is 9.47 Å². The summed E-state index contributed by atoms with van der Waals surface area (Å²) in [4.78, 5) is 52.9. The van der Waals surface area contributed by atoms with Crippen molar-refractivity contribution in [3.05, 3.63) is 144 Å². The van der Waals surface area contributed by atoms with Gasteiger partial charge < -0.3 is 46.3 Å². The van der Waals surface area contributed by atoms with E-state index in [-0.39, 0.29) is 51.0 Å². The molecule has 316 valence electrons. The maximum absolute atomic E-state index is 13.7. The minimum absolute atomic E-state index is 0.0246. The van der Waals surface area contributed by atoms with Gasteiger partial charge in [-0.3, -0.25) is 9.59 Å². The summed E-state index contributed by atoms with van der Waals surface area (Å²) in [5.74, 6) is -1.58. The molecular formula is C46H59N5O8. The summed E-state index contributed by atoms with van der Waals surface area (Å²) in [5.41, 5.74) is 3.35. The van der Waals surface area contributed by atoms with Crippen LogP contribution in [0.4, 0.5) is 9.59 Å². The summed E-state index contributed by atoms with van der Waals surface area (Å²) in [7, 11) is 0. The van der Waals surface area contributed by atoms with Crippen molar-refractivity contribution in [2.24, 2.45) is 11.8 Å². The first kappa shape index (κ1) is 45.9. The topological polar surface area (TPSA) is 187 Å². The largest absolute Gasteiger partial charge is 0.445 e. The smallest absolute Gasteiger partial charge is 0.408 e. The molecule has 13 heteroatoms. The Morgan fingerprint density at radius 2 is 0.780 bits per heavy atom. The number of carbonyl (C=O) groups excluding carboxylic acids is 4. The highest BCUT2D eigenvalue weighted by Gasteiger charge is 2.32. The average molecular weight is 810 g/mol. The molecule has 4 rings (SSSR count). The van der Waals surface area contributed by atoms with Crippen LogP contribution in [0.25, 0.3) is 0 Å². The number of ether oxygens (including phenoxy) is 2. The standard InChI is InChI=1S/C46H59N5O8/c1-31(2)41(50-45(56)58-29-35-21-13-7-14-22-35)43(54)48-37(25-33-17-9-5-10-18-33)39(52)27-47-28-40(53)38(26-34-19-11-6-12-20-34)49-44(55)42(32(3)4)51-46(57)59-30-36-23-15-8-16-24-36/h5-24,31-32,37-42,47,52-53H,25-30H2,1-4H3,(H,48,54)(H,49,55)(H,50,56)(H,51,57)/t37-,38-,39-,40-,41-,42-/m0/s1. The van der Waals surface area contributed by atoms with Crippen LogP contribution in [-0.2, 0) is 45.1 Å². The average Bonchev–Trinajstić information content (AvgIpc) is 3.23. The van der Waals surface area contributed by atoms with Gasteiger partial charge >= 0.3 is 12.2 Å². The Morgan fingerprint density at radius 1 is 0.475 bits per heavy atom. The van der Waals surface area contributed by atoms with Crippen LogP contribution in [0, 0.1) is 11.8 Å². The van der Waals surface area contributed by atoms with Gasteiger partial charge in [0.05, 0.1) is 24.3 Å². The Kier molecular flexibility index (Phi) is 18.9. The molecule has 4 aromatic carbocycles. The zero-order chi connectivity index (χ0) is 42.6. The SMILES string of the molecule is CC(C)[C@H](NC(=O)OCc1ccccc1)C(=O)N[C@@H](Cc1ccccc1)[C@@H](O)CNC[C@H](O)[C@H](Cc1ccccc1)NC(=O)[C@@H](NC(=O)OCc1ccccc1)C(C)C. The fourth-order valence-corrected chi connectivity index (χ4v) is 6.36. The normalized spacial score (nSPS) is 14.2. The molecule has 0 saturated carbocycles. The number of aliphatic hydroxyl groups excluding tert-OH is 2. The highest BCUT2D eigenvalue weighted by atomic mass is 16.6. The van der Waals surface area contributed by atoms with Gasteiger partial charge in [0.15, 0.2) is 0 Å². The molecule has 4 amide bonds. The van der Waals surface area contributed by atoms with E-state index in [2.05, 4.69) is 26.6 Å². The molecule has 0 aliphatic heterocycles. The maximum atomic E-state index is 13.7. The second-order valence-corrected chi connectivity index (χ2v) is 15.3. The first-order chi connectivity index (χ1) is 28.4. The van der Waals surface area contributed by atoms with E-state index < -0.39 is 60.4 Å². The number of rotatable bonds is 22. The van der Waals surface area contributed by atoms with E-state index in [0.29, 0.717) is 0 Å². The van der Waals surface area contributed by atoms with Crippen molar-refractivity contribution >= 4 is 24.0 Å². The van der Waals surface area contributed by atoms with Crippen molar-refractivity contribution < 1.29 is 38.9 Å². The number of hydrogen-bond acceptors (Lipinski definition) is 9. The molecule has 6 atom stereocenters. The number of alkyl carbamates (subject to hydrolysis) is 2.